The number of piperazine rings is 1. The van der Waals surface area contributed by atoms with Gasteiger partial charge in [-0.2, -0.15) is 0 Å². The summed E-state index contributed by atoms with van der Waals surface area (Å²) in [4.78, 5) is 17.1. The smallest absolute Gasteiger partial charge is 0.236 e. The molecule has 2 rings (SSSR count). The summed E-state index contributed by atoms with van der Waals surface area (Å²) in [5, 5.41) is 12.1. The monoisotopic (exact) mass is 282 g/mol. The first-order valence-corrected chi connectivity index (χ1v) is 7.46. The third-order valence-corrected chi connectivity index (χ3v) is 4.86. The van der Waals surface area contributed by atoms with Crippen LogP contribution in [0.25, 0.3) is 0 Å². The van der Waals surface area contributed by atoms with Gasteiger partial charge in [0.15, 0.2) is 5.84 Å². The third kappa shape index (κ3) is 2.37. The van der Waals surface area contributed by atoms with Crippen LogP contribution in [0.5, 0.6) is 0 Å². The Balaban J connectivity index is 2.10. The summed E-state index contributed by atoms with van der Waals surface area (Å²) in [5.41, 5.74) is 5.05. The molecular weight excluding hydrogens is 256 g/mol. The zero-order chi connectivity index (χ0) is 14.9. The fourth-order valence-corrected chi connectivity index (χ4v) is 3.67. The molecule has 0 spiro atoms. The highest BCUT2D eigenvalue weighted by molar-refractivity contribution is 6.07. The first-order chi connectivity index (χ1) is 9.44. The number of carbonyl (C=O) groups excluding carboxylic acids is 1. The van der Waals surface area contributed by atoms with Gasteiger partial charge in [-0.1, -0.05) is 19.0 Å². The van der Waals surface area contributed by atoms with Crippen LogP contribution in [-0.4, -0.2) is 59.0 Å². The predicted octanol–water partition coefficient (Wildman–Crippen LogP) is 0.702. The molecule has 1 unspecified atom stereocenters. The number of nitrogens with zero attached hydrogens (tertiary/aromatic N) is 3. The van der Waals surface area contributed by atoms with Gasteiger partial charge < -0.3 is 15.8 Å². The van der Waals surface area contributed by atoms with Crippen molar-refractivity contribution in [3.05, 3.63) is 0 Å². The lowest BCUT2D eigenvalue weighted by atomic mass is 9.61. The second-order valence-electron chi connectivity index (χ2n) is 6.31. The molecule has 6 nitrogen and oxygen atoms in total. The number of hydrogen-bond donors (Lipinski definition) is 2. The van der Waals surface area contributed by atoms with Crippen LogP contribution >= 0.6 is 0 Å². The molecule has 2 aliphatic rings. The highest BCUT2D eigenvalue weighted by Gasteiger charge is 2.54. The Morgan fingerprint density at radius 3 is 2.50 bits per heavy atom. The minimum atomic E-state index is -0.762. The maximum Gasteiger partial charge on any atom is 0.236 e. The molecule has 1 saturated carbocycles. The lowest BCUT2D eigenvalue weighted by Crippen LogP contribution is -2.62. The summed E-state index contributed by atoms with van der Waals surface area (Å²) in [5.74, 6) is 0.563. The third-order valence-electron chi connectivity index (χ3n) is 4.86. The molecule has 114 valence electrons. The molecule has 1 heterocycles. The van der Waals surface area contributed by atoms with E-state index in [0.29, 0.717) is 24.8 Å². The largest absolute Gasteiger partial charge is 0.409 e. The van der Waals surface area contributed by atoms with E-state index in [2.05, 4.69) is 30.8 Å². The number of carbonyl (C=O) groups is 1. The van der Waals surface area contributed by atoms with Gasteiger partial charge in [0.25, 0.3) is 0 Å². The Labute approximate surface area is 120 Å². The van der Waals surface area contributed by atoms with Gasteiger partial charge in [-0.3, -0.25) is 9.69 Å². The SMILES string of the molecule is CCN1CCN(C(=O)C2(C(N)=NO)CC(C)C2)CC1C. The maximum atomic E-state index is 12.8. The second-order valence-corrected chi connectivity index (χ2v) is 6.31. The summed E-state index contributed by atoms with van der Waals surface area (Å²) in [6, 6.07) is 0.361. The average molecular weight is 282 g/mol. The van der Waals surface area contributed by atoms with Crippen molar-refractivity contribution in [1.29, 1.82) is 0 Å². The minimum Gasteiger partial charge on any atom is -0.409 e. The number of amides is 1. The van der Waals surface area contributed by atoms with Crippen LogP contribution in [0, 0.1) is 11.3 Å². The second kappa shape index (κ2) is 5.60. The molecule has 20 heavy (non-hydrogen) atoms. The lowest BCUT2D eigenvalue weighted by molar-refractivity contribution is -0.147. The highest BCUT2D eigenvalue weighted by Crippen LogP contribution is 2.47. The Morgan fingerprint density at radius 2 is 2.05 bits per heavy atom. The van der Waals surface area contributed by atoms with Crippen LogP contribution in [0.1, 0.15) is 33.6 Å². The summed E-state index contributed by atoms with van der Waals surface area (Å²) in [6.45, 7) is 9.72. The van der Waals surface area contributed by atoms with Gasteiger partial charge >= 0.3 is 0 Å². The zero-order valence-electron chi connectivity index (χ0n) is 12.7. The molecule has 1 saturated heterocycles. The number of rotatable bonds is 3. The van der Waals surface area contributed by atoms with Crippen molar-refractivity contribution < 1.29 is 10.0 Å². The predicted molar refractivity (Wildman–Crippen MR) is 77.5 cm³/mol. The molecule has 2 fully saturated rings. The molecule has 3 N–H and O–H groups in total. The van der Waals surface area contributed by atoms with Crippen LogP contribution in [0.4, 0.5) is 0 Å². The number of likely N-dealkylation sites (N-methyl/N-ethyl adjacent to an activating group) is 1. The van der Waals surface area contributed by atoms with Crippen LogP contribution in [0.2, 0.25) is 0 Å². The first-order valence-electron chi connectivity index (χ1n) is 7.46. The molecule has 0 radical (unpaired) electrons. The van der Waals surface area contributed by atoms with Crippen LogP contribution in [0.15, 0.2) is 5.16 Å². The topological polar surface area (TPSA) is 82.2 Å². The average Bonchev–Trinajstić information content (AvgIpc) is 2.41. The summed E-state index contributed by atoms with van der Waals surface area (Å²) >= 11 is 0. The van der Waals surface area contributed by atoms with Crippen molar-refractivity contribution in [2.24, 2.45) is 22.2 Å². The van der Waals surface area contributed by atoms with Gasteiger partial charge in [0.1, 0.15) is 5.41 Å². The number of hydrogen-bond acceptors (Lipinski definition) is 4. The Bertz CT molecular complexity index is 404. The quantitative estimate of drug-likeness (QED) is 0.345. The van der Waals surface area contributed by atoms with E-state index in [1.54, 1.807) is 0 Å². The van der Waals surface area contributed by atoms with Gasteiger partial charge in [0.2, 0.25) is 5.91 Å². The summed E-state index contributed by atoms with van der Waals surface area (Å²) in [7, 11) is 0. The van der Waals surface area contributed by atoms with Crippen LogP contribution in [-0.2, 0) is 4.79 Å². The number of amidine groups is 1. The maximum absolute atomic E-state index is 12.8. The van der Waals surface area contributed by atoms with Crippen molar-refractivity contribution >= 4 is 11.7 Å². The minimum absolute atomic E-state index is 0.0357. The van der Waals surface area contributed by atoms with Crippen molar-refractivity contribution in [3.8, 4) is 0 Å². The van der Waals surface area contributed by atoms with E-state index in [1.807, 2.05) is 4.90 Å². The van der Waals surface area contributed by atoms with E-state index in [0.717, 1.165) is 26.2 Å². The van der Waals surface area contributed by atoms with Crippen molar-refractivity contribution in [1.82, 2.24) is 9.80 Å². The molecule has 0 aromatic rings. The Morgan fingerprint density at radius 1 is 1.40 bits per heavy atom. The van der Waals surface area contributed by atoms with E-state index in [9.17, 15) is 4.79 Å². The van der Waals surface area contributed by atoms with Crippen LogP contribution in [0.3, 0.4) is 0 Å². The summed E-state index contributed by atoms with van der Waals surface area (Å²) < 4.78 is 0. The van der Waals surface area contributed by atoms with Crippen LogP contribution < -0.4 is 5.73 Å². The fraction of sp³-hybridized carbons (Fsp3) is 0.857. The first kappa shape index (κ1) is 15.1. The van der Waals surface area contributed by atoms with E-state index >= 15 is 0 Å². The number of nitrogens with two attached hydrogens (primary N) is 1. The summed E-state index contributed by atoms with van der Waals surface area (Å²) in [6.07, 6.45) is 1.37. The Hall–Kier alpha value is -1.30. The number of oxime groups is 1. The van der Waals surface area contributed by atoms with E-state index in [1.165, 1.54) is 0 Å². The van der Waals surface area contributed by atoms with Crippen molar-refractivity contribution in [2.75, 3.05) is 26.2 Å². The molecule has 6 heteroatoms. The highest BCUT2D eigenvalue weighted by atomic mass is 16.4. The normalized spacial score (nSPS) is 35.8. The van der Waals surface area contributed by atoms with Gasteiger partial charge in [0.05, 0.1) is 0 Å². The molecule has 0 aromatic carbocycles. The molecule has 1 aliphatic heterocycles. The van der Waals surface area contributed by atoms with Crippen molar-refractivity contribution in [3.63, 3.8) is 0 Å². The fourth-order valence-electron chi connectivity index (χ4n) is 3.67. The standard InChI is InChI=1S/C14H26N4O2/c1-4-17-5-6-18(9-11(17)3)13(19)14(12(15)16-20)7-10(2)8-14/h10-11,20H,4-9H2,1-3H3,(H2,15,16). The van der Waals surface area contributed by atoms with E-state index in [-0.39, 0.29) is 11.7 Å². The molecule has 1 aliphatic carbocycles. The molecule has 1 amide bonds. The lowest BCUT2D eigenvalue weighted by Gasteiger charge is -2.48. The zero-order valence-corrected chi connectivity index (χ0v) is 12.7. The molecule has 0 bridgehead atoms. The van der Waals surface area contributed by atoms with Gasteiger partial charge in [-0.05, 0) is 32.2 Å². The molecule has 0 aromatic heterocycles. The van der Waals surface area contributed by atoms with Crippen molar-refractivity contribution in [2.45, 2.75) is 39.7 Å². The van der Waals surface area contributed by atoms with Gasteiger partial charge in [0, 0.05) is 25.7 Å². The van der Waals surface area contributed by atoms with Gasteiger partial charge in [-0.15, -0.1) is 0 Å². The molecular formula is C14H26N4O2. The Kier molecular flexibility index (Phi) is 4.22. The van der Waals surface area contributed by atoms with E-state index < -0.39 is 5.41 Å². The molecule has 1 atom stereocenters. The van der Waals surface area contributed by atoms with Gasteiger partial charge in [-0.25, -0.2) is 0 Å². The van der Waals surface area contributed by atoms with E-state index in [4.69, 9.17) is 10.9 Å².